The highest BCUT2D eigenvalue weighted by Gasteiger charge is 2.37. The summed E-state index contributed by atoms with van der Waals surface area (Å²) in [6.07, 6.45) is 2.36. The van der Waals surface area contributed by atoms with Crippen molar-refractivity contribution in [2.75, 3.05) is 32.7 Å². The zero-order valence-corrected chi connectivity index (χ0v) is 27.1. The second-order valence-electron chi connectivity index (χ2n) is 11.7. The molecule has 0 saturated carbocycles. The lowest BCUT2D eigenvalue weighted by Gasteiger charge is -2.35. The van der Waals surface area contributed by atoms with Crippen LogP contribution < -0.4 is 10.6 Å². The number of thiophene rings is 1. The molecule has 0 bridgehead atoms. The quantitative estimate of drug-likeness (QED) is 0.304. The molecule has 2 unspecified atom stereocenters. The minimum absolute atomic E-state index is 0.0593. The van der Waals surface area contributed by atoms with Crippen molar-refractivity contribution in [3.05, 3.63) is 64.2 Å². The maximum atomic E-state index is 14.0. The molecule has 2 amide bonds. The van der Waals surface area contributed by atoms with Gasteiger partial charge in [0.05, 0.1) is 5.92 Å². The number of benzene rings is 2. The summed E-state index contributed by atoms with van der Waals surface area (Å²) in [4.78, 5) is 27.6. The lowest BCUT2D eigenvalue weighted by atomic mass is 9.97. The van der Waals surface area contributed by atoms with Gasteiger partial charge in [-0.1, -0.05) is 24.9 Å². The number of nitrogens with zero attached hydrogens (tertiary/aromatic N) is 2. The van der Waals surface area contributed by atoms with Crippen molar-refractivity contribution in [2.45, 2.75) is 62.2 Å². The van der Waals surface area contributed by atoms with E-state index < -0.39 is 33.6 Å². The van der Waals surface area contributed by atoms with E-state index in [2.05, 4.69) is 10.6 Å². The Hall–Kier alpha value is -2.64. The van der Waals surface area contributed by atoms with E-state index in [-0.39, 0.29) is 48.0 Å². The number of fused-ring (bicyclic) bond motifs is 1. The van der Waals surface area contributed by atoms with Crippen molar-refractivity contribution >= 4 is 54.9 Å². The zero-order chi connectivity index (χ0) is 31.6. The van der Waals surface area contributed by atoms with E-state index in [0.717, 1.165) is 29.0 Å². The van der Waals surface area contributed by atoms with Gasteiger partial charge in [0.15, 0.2) is 0 Å². The summed E-state index contributed by atoms with van der Waals surface area (Å²) in [6, 6.07) is 7.69. The molecule has 2 aromatic carbocycles. The molecule has 44 heavy (non-hydrogen) atoms. The number of likely N-dealkylation sites (tertiary alicyclic amines) is 1. The van der Waals surface area contributed by atoms with Gasteiger partial charge in [-0.15, -0.1) is 11.3 Å². The molecular weight excluding hydrogens is 630 g/mol. The molecule has 1 aromatic heterocycles. The Kier molecular flexibility index (Phi) is 10.3. The van der Waals surface area contributed by atoms with Crippen molar-refractivity contribution in [1.29, 1.82) is 0 Å². The summed E-state index contributed by atoms with van der Waals surface area (Å²) in [6.45, 7) is 5.59. The van der Waals surface area contributed by atoms with Crippen LogP contribution in [0.25, 0.3) is 10.1 Å². The molecule has 2 aliphatic heterocycles. The van der Waals surface area contributed by atoms with Crippen LogP contribution in [0.3, 0.4) is 0 Å². The van der Waals surface area contributed by atoms with Crippen LogP contribution in [0.15, 0.2) is 40.6 Å². The molecular formula is C31H37ClF2N4O4S2. The minimum atomic E-state index is -3.82. The number of piperazine rings is 1. The molecule has 2 N–H and O–H groups in total. The van der Waals surface area contributed by atoms with Crippen molar-refractivity contribution < 1.29 is 26.8 Å². The number of sulfonamides is 1. The average molecular weight is 667 g/mol. The third kappa shape index (κ3) is 7.42. The first kappa shape index (κ1) is 32.7. The molecule has 2 saturated heterocycles. The summed E-state index contributed by atoms with van der Waals surface area (Å²) >= 11 is 7.38. The van der Waals surface area contributed by atoms with Crippen molar-refractivity contribution in [2.24, 2.45) is 5.92 Å². The number of aryl methyl sites for hydroxylation is 1. The van der Waals surface area contributed by atoms with Crippen molar-refractivity contribution in [3.63, 3.8) is 0 Å². The lowest BCUT2D eigenvalue weighted by molar-refractivity contribution is -0.129. The van der Waals surface area contributed by atoms with E-state index >= 15 is 0 Å². The van der Waals surface area contributed by atoms with E-state index in [1.54, 1.807) is 24.0 Å². The number of hydrogen-bond donors (Lipinski definition) is 2. The number of halogens is 3. The van der Waals surface area contributed by atoms with Gasteiger partial charge in [-0.3, -0.25) is 9.59 Å². The standard InChI is InChI=1S/C31H37ClF2N4O4S2/c1-3-4-8-37-17-21(13-29(37)39)30(40)36-25(12-20-10-23(33)15-24(34)11-20)16-26-18-38(9-7-35-26)44(41,42)31-19(2)27-14-22(32)5-6-28(27)43-31/h5-6,10-11,14-15,21,25-26,35H,3-4,7-9,12-13,16-18H2,1-2H3,(H,36,40)/t21?,25?,26-/m0/s1. The van der Waals surface area contributed by atoms with E-state index in [9.17, 15) is 26.8 Å². The van der Waals surface area contributed by atoms with Crippen LogP contribution in [0.4, 0.5) is 8.78 Å². The first-order chi connectivity index (χ1) is 20.9. The number of amides is 2. The highest BCUT2D eigenvalue weighted by molar-refractivity contribution is 7.91. The molecule has 3 heterocycles. The van der Waals surface area contributed by atoms with Crippen molar-refractivity contribution in [3.8, 4) is 0 Å². The summed E-state index contributed by atoms with van der Waals surface area (Å²) in [5.74, 6) is -2.31. The van der Waals surface area contributed by atoms with Gasteiger partial charge in [-0.25, -0.2) is 17.2 Å². The molecule has 0 spiro atoms. The Morgan fingerprint density at radius 1 is 1.18 bits per heavy atom. The number of hydrogen-bond acceptors (Lipinski definition) is 6. The molecule has 0 radical (unpaired) electrons. The smallest absolute Gasteiger partial charge is 0.252 e. The van der Waals surface area contributed by atoms with Crippen LogP contribution in [0.1, 0.15) is 43.7 Å². The fourth-order valence-corrected chi connectivity index (χ4v) is 9.63. The first-order valence-corrected chi connectivity index (χ1v) is 17.5. The molecule has 8 nitrogen and oxygen atoms in total. The third-order valence-electron chi connectivity index (χ3n) is 8.33. The van der Waals surface area contributed by atoms with Crippen LogP contribution in [0, 0.1) is 24.5 Å². The minimum Gasteiger partial charge on any atom is -0.353 e. The molecule has 238 valence electrons. The highest BCUT2D eigenvalue weighted by atomic mass is 35.5. The molecule has 5 rings (SSSR count). The van der Waals surface area contributed by atoms with Gasteiger partial charge in [0, 0.05) is 67.0 Å². The van der Waals surface area contributed by atoms with Crippen LogP contribution in [0.2, 0.25) is 5.02 Å². The Morgan fingerprint density at radius 3 is 2.66 bits per heavy atom. The topological polar surface area (TPSA) is 98.8 Å². The van der Waals surface area contributed by atoms with Crippen LogP contribution >= 0.6 is 22.9 Å². The molecule has 2 aliphatic rings. The Bertz CT molecular complexity index is 1630. The number of rotatable bonds is 11. The van der Waals surface area contributed by atoms with E-state index in [4.69, 9.17) is 11.6 Å². The molecule has 0 aliphatic carbocycles. The number of nitrogens with one attached hydrogen (secondary N) is 2. The number of unbranched alkanes of at least 4 members (excludes halogenated alkanes) is 1. The summed E-state index contributed by atoms with van der Waals surface area (Å²) in [5.41, 5.74) is 1.03. The number of carbonyl (C=O) groups excluding carboxylic acids is 2. The zero-order valence-electron chi connectivity index (χ0n) is 24.7. The van der Waals surface area contributed by atoms with E-state index in [1.807, 2.05) is 13.0 Å². The predicted molar refractivity (Wildman–Crippen MR) is 168 cm³/mol. The van der Waals surface area contributed by atoms with Crippen LogP contribution in [-0.2, 0) is 26.0 Å². The summed E-state index contributed by atoms with van der Waals surface area (Å²) in [5, 5.41) is 7.72. The SMILES string of the molecule is CCCCN1CC(C(=O)NC(Cc2cc(F)cc(F)c2)C[C@H]2CN(S(=O)(=O)c3sc4ccc(Cl)cc4c3C)CCN2)CC1=O. The highest BCUT2D eigenvalue weighted by Crippen LogP contribution is 2.37. The molecule has 3 aromatic rings. The normalized spacial score (nSPS) is 20.4. The van der Waals surface area contributed by atoms with Gasteiger partial charge in [-0.2, -0.15) is 4.31 Å². The monoisotopic (exact) mass is 666 g/mol. The number of carbonyl (C=O) groups is 2. The Morgan fingerprint density at radius 2 is 1.93 bits per heavy atom. The Labute approximate surface area is 265 Å². The maximum Gasteiger partial charge on any atom is 0.252 e. The largest absolute Gasteiger partial charge is 0.353 e. The van der Waals surface area contributed by atoms with Gasteiger partial charge in [-0.05, 0) is 73.0 Å². The summed E-state index contributed by atoms with van der Waals surface area (Å²) < 4.78 is 58.3. The van der Waals surface area contributed by atoms with Crippen molar-refractivity contribution in [1.82, 2.24) is 19.8 Å². The Balaban J connectivity index is 1.33. The van der Waals surface area contributed by atoms with Gasteiger partial charge < -0.3 is 15.5 Å². The van der Waals surface area contributed by atoms with Gasteiger partial charge >= 0.3 is 0 Å². The summed E-state index contributed by atoms with van der Waals surface area (Å²) in [7, 11) is -3.82. The maximum absolute atomic E-state index is 14.0. The van der Waals surface area contributed by atoms with Crippen LogP contribution in [0.5, 0.6) is 0 Å². The van der Waals surface area contributed by atoms with Gasteiger partial charge in [0.1, 0.15) is 15.8 Å². The first-order valence-electron chi connectivity index (χ1n) is 14.9. The predicted octanol–water partition coefficient (Wildman–Crippen LogP) is 4.87. The second kappa shape index (κ2) is 13.8. The fraction of sp³-hybridized carbons (Fsp3) is 0.484. The second-order valence-corrected chi connectivity index (χ2v) is 15.3. The fourth-order valence-electron chi connectivity index (χ4n) is 6.09. The molecule has 13 heteroatoms. The van der Waals surface area contributed by atoms with Gasteiger partial charge in [0.25, 0.3) is 10.0 Å². The lowest BCUT2D eigenvalue weighted by Crippen LogP contribution is -2.55. The molecule has 2 fully saturated rings. The van der Waals surface area contributed by atoms with E-state index in [0.29, 0.717) is 42.2 Å². The van der Waals surface area contributed by atoms with E-state index in [1.165, 1.54) is 27.8 Å². The van der Waals surface area contributed by atoms with Gasteiger partial charge in [0.2, 0.25) is 11.8 Å². The molecule has 3 atom stereocenters. The average Bonchev–Trinajstić information content (AvgIpc) is 3.50. The third-order valence-corrected chi connectivity index (χ3v) is 12.3. The van der Waals surface area contributed by atoms with Crippen LogP contribution in [-0.4, -0.2) is 74.2 Å².